The van der Waals surface area contributed by atoms with E-state index in [4.69, 9.17) is 0 Å². The number of piperidine rings is 1. The van der Waals surface area contributed by atoms with Crippen LogP contribution in [0.4, 0.5) is 15.1 Å². The van der Waals surface area contributed by atoms with Crippen molar-refractivity contribution < 1.29 is 14.0 Å². The number of aromatic nitrogens is 3. The Hall–Kier alpha value is -2.85. The number of nitrogens with zero attached hydrogens (tertiary/aromatic N) is 4. The molecule has 4 rings (SSSR count). The molecule has 2 aliphatic heterocycles. The van der Waals surface area contributed by atoms with E-state index in [1.807, 2.05) is 0 Å². The van der Waals surface area contributed by atoms with Crippen molar-refractivity contribution in [2.24, 2.45) is 5.92 Å². The predicted molar refractivity (Wildman–Crippen MR) is 112 cm³/mol. The number of hydrogen-bond donors (Lipinski definition) is 2. The lowest BCUT2D eigenvalue weighted by Crippen LogP contribution is -2.38. The first-order valence-corrected chi connectivity index (χ1v) is 10.5. The van der Waals surface area contributed by atoms with Crippen LogP contribution < -0.4 is 15.5 Å². The summed E-state index contributed by atoms with van der Waals surface area (Å²) in [5, 5.41) is 5.16. The van der Waals surface area contributed by atoms with E-state index in [0.29, 0.717) is 34.7 Å². The molecule has 2 saturated heterocycles. The molecule has 2 aromatic heterocycles. The molecule has 2 aromatic rings. The van der Waals surface area contributed by atoms with E-state index in [0.717, 1.165) is 44.2 Å². The summed E-state index contributed by atoms with van der Waals surface area (Å²) in [4.78, 5) is 38.4. The number of carbonyl (C=O) groups is 2. The Balaban J connectivity index is 1.29. The van der Waals surface area contributed by atoms with Crippen molar-refractivity contribution in [2.45, 2.75) is 19.4 Å². The Kier molecular flexibility index (Phi) is 6.34. The predicted octanol–water partition coefficient (Wildman–Crippen LogP) is 2.34. The third-order valence-electron chi connectivity index (χ3n) is 5.04. The van der Waals surface area contributed by atoms with Crippen LogP contribution >= 0.6 is 11.8 Å². The van der Waals surface area contributed by atoms with Gasteiger partial charge in [0.1, 0.15) is 5.82 Å². The van der Waals surface area contributed by atoms with Gasteiger partial charge in [-0.05, 0) is 61.3 Å². The van der Waals surface area contributed by atoms with E-state index in [1.165, 1.54) is 6.07 Å². The first-order valence-electron chi connectivity index (χ1n) is 9.71. The molecule has 2 aliphatic rings. The minimum atomic E-state index is -0.399. The average Bonchev–Trinajstić information content (AvgIpc) is 3.07. The van der Waals surface area contributed by atoms with Gasteiger partial charge in [0.15, 0.2) is 0 Å². The van der Waals surface area contributed by atoms with Gasteiger partial charge < -0.3 is 10.2 Å². The molecule has 0 saturated carbocycles. The Morgan fingerprint density at radius 2 is 2.07 bits per heavy atom. The number of thioether (sulfide) groups is 1. The molecule has 0 aromatic carbocycles. The van der Waals surface area contributed by atoms with Crippen molar-refractivity contribution in [1.29, 1.82) is 0 Å². The third-order valence-corrected chi connectivity index (χ3v) is 5.85. The van der Waals surface area contributed by atoms with Crippen LogP contribution in [-0.2, 0) is 11.3 Å². The normalized spacial score (nSPS) is 18.8. The quantitative estimate of drug-likeness (QED) is 0.677. The fraction of sp³-hybridized carbons (Fsp3) is 0.350. The van der Waals surface area contributed by atoms with Gasteiger partial charge >= 0.3 is 0 Å². The van der Waals surface area contributed by atoms with Gasteiger partial charge in [0, 0.05) is 32.0 Å². The molecule has 30 heavy (non-hydrogen) atoms. The van der Waals surface area contributed by atoms with E-state index in [1.54, 1.807) is 30.6 Å². The number of imide groups is 1. The highest BCUT2D eigenvalue weighted by atomic mass is 32.2. The van der Waals surface area contributed by atoms with Crippen LogP contribution in [-0.4, -0.2) is 45.7 Å². The van der Waals surface area contributed by atoms with Crippen LogP contribution in [0.25, 0.3) is 6.08 Å². The zero-order chi connectivity index (χ0) is 20.9. The lowest BCUT2D eigenvalue weighted by molar-refractivity contribution is -0.115. The lowest BCUT2D eigenvalue weighted by atomic mass is 9.97. The zero-order valence-electron chi connectivity index (χ0n) is 16.2. The minimum Gasteiger partial charge on any atom is -0.341 e. The van der Waals surface area contributed by atoms with Gasteiger partial charge in [-0.25, -0.2) is 14.4 Å². The standard InChI is InChI=1S/C20H21FN6O2S/c21-15-2-1-6-23-16(15)12-22-11-13-4-8-27(9-5-13)19-24-7-3-14(25-19)10-17-18(28)26-20(29)30-17/h1-3,6-7,10,13,22H,4-5,8-9,11-12H2,(H,26,28,29)/b17-10+. The average molecular weight is 428 g/mol. The van der Waals surface area contributed by atoms with Crippen LogP contribution in [0.5, 0.6) is 0 Å². The largest absolute Gasteiger partial charge is 0.341 e. The fourth-order valence-corrected chi connectivity index (χ4v) is 4.10. The number of carbonyl (C=O) groups excluding carboxylic acids is 2. The highest BCUT2D eigenvalue weighted by Crippen LogP contribution is 2.26. The molecule has 0 unspecified atom stereocenters. The summed E-state index contributed by atoms with van der Waals surface area (Å²) >= 11 is 0.870. The number of nitrogens with one attached hydrogen (secondary N) is 2. The molecule has 0 radical (unpaired) electrons. The molecule has 0 atom stereocenters. The van der Waals surface area contributed by atoms with Gasteiger partial charge in [0.05, 0.1) is 16.3 Å². The Labute approximate surface area is 177 Å². The smallest absolute Gasteiger partial charge is 0.290 e. The summed E-state index contributed by atoms with van der Waals surface area (Å²) in [7, 11) is 0. The SMILES string of the molecule is O=C1NC(=O)/C(=C\c2ccnc(N3CCC(CNCc4ncccc4F)CC3)n2)S1. The molecule has 2 fully saturated rings. The van der Waals surface area contributed by atoms with E-state index < -0.39 is 5.91 Å². The van der Waals surface area contributed by atoms with Crippen molar-refractivity contribution in [2.75, 3.05) is 24.5 Å². The van der Waals surface area contributed by atoms with Crippen LogP contribution in [0.15, 0.2) is 35.5 Å². The highest BCUT2D eigenvalue weighted by molar-refractivity contribution is 8.18. The van der Waals surface area contributed by atoms with Gasteiger partial charge in [0.25, 0.3) is 11.1 Å². The van der Waals surface area contributed by atoms with Gasteiger partial charge in [0.2, 0.25) is 5.95 Å². The molecule has 4 heterocycles. The molecule has 10 heteroatoms. The maximum atomic E-state index is 13.6. The number of rotatable bonds is 6. The molecular weight excluding hydrogens is 407 g/mol. The van der Waals surface area contributed by atoms with Crippen LogP contribution in [0.3, 0.4) is 0 Å². The summed E-state index contributed by atoms with van der Waals surface area (Å²) in [5.74, 6) is 0.415. The van der Waals surface area contributed by atoms with Crippen LogP contribution in [0.2, 0.25) is 0 Å². The fourth-order valence-electron chi connectivity index (χ4n) is 3.43. The second-order valence-electron chi connectivity index (χ2n) is 7.13. The summed E-state index contributed by atoms with van der Waals surface area (Å²) < 4.78 is 13.6. The zero-order valence-corrected chi connectivity index (χ0v) is 17.0. The Bertz CT molecular complexity index is 977. The lowest BCUT2D eigenvalue weighted by Gasteiger charge is -2.32. The summed E-state index contributed by atoms with van der Waals surface area (Å²) in [6.07, 6.45) is 6.79. The Morgan fingerprint density at radius 3 is 2.80 bits per heavy atom. The molecular formula is C20H21FN6O2S. The first kappa shape index (κ1) is 20.4. The summed E-state index contributed by atoms with van der Waals surface area (Å²) in [6, 6.07) is 4.71. The van der Waals surface area contributed by atoms with E-state index in [-0.39, 0.29) is 11.1 Å². The molecule has 2 amide bonds. The van der Waals surface area contributed by atoms with Gasteiger partial charge in [-0.1, -0.05) is 0 Å². The van der Waals surface area contributed by atoms with E-state index >= 15 is 0 Å². The number of halogens is 1. The number of anilines is 1. The topological polar surface area (TPSA) is 100 Å². The number of amides is 2. The van der Waals surface area contributed by atoms with E-state index in [9.17, 15) is 14.0 Å². The Morgan fingerprint density at radius 1 is 1.23 bits per heavy atom. The van der Waals surface area contributed by atoms with Crippen molar-refractivity contribution in [3.05, 3.63) is 52.7 Å². The monoisotopic (exact) mass is 428 g/mol. The van der Waals surface area contributed by atoms with Crippen molar-refractivity contribution in [1.82, 2.24) is 25.6 Å². The van der Waals surface area contributed by atoms with Crippen molar-refractivity contribution in [3.8, 4) is 0 Å². The third kappa shape index (κ3) is 5.00. The maximum absolute atomic E-state index is 13.6. The second-order valence-corrected chi connectivity index (χ2v) is 8.14. The van der Waals surface area contributed by atoms with Crippen molar-refractivity contribution >= 4 is 34.9 Å². The molecule has 8 nitrogen and oxygen atoms in total. The molecule has 0 bridgehead atoms. The summed E-state index contributed by atoms with van der Waals surface area (Å²) in [5.41, 5.74) is 1.03. The molecule has 0 spiro atoms. The maximum Gasteiger partial charge on any atom is 0.290 e. The van der Waals surface area contributed by atoms with Crippen LogP contribution in [0.1, 0.15) is 24.2 Å². The van der Waals surface area contributed by atoms with Crippen LogP contribution in [0, 0.1) is 11.7 Å². The summed E-state index contributed by atoms with van der Waals surface area (Å²) in [6.45, 7) is 2.86. The molecule has 0 aliphatic carbocycles. The number of pyridine rings is 1. The number of hydrogen-bond acceptors (Lipinski definition) is 8. The van der Waals surface area contributed by atoms with E-state index in [2.05, 4.69) is 30.5 Å². The van der Waals surface area contributed by atoms with Crippen molar-refractivity contribution in [3.63, 3.8) is 0 Å². The minimum absolute atomic E-state index is 0.287. The second kappa shape index (κ2) is 9.31. The molecule has 2 N–H and O–H groups in total. The van der Waals surface area contributed by atoms with Gasteiger partial charge in [-0.3, -0.25) is 19.9 Å². The molecule has 156 valence electrons. The first-order chi connectivity index (χ1) is 14.6. The highest BCUT2D eigenvalue weighted by Gasteiger charge is 2.25. The van der Waals surface area contributed by atoms with Gasteiger partial charge in [-0.15, -0.1) is 0 Å². The van der Waals surface area contributed by atoms with Gasteiger partial charge in [-0.2, -0.15) is 0 Å².